The summed E-state index contributed by atoms with van der Waals surface area (Å²) in [4.78, 5) is 7.16. The summed E-state index contributed by atoms with van der Waals surface area (Å²) in [5.41, 5.74) is 5.48. The van der Waals surface area contributed by atoms with Gasteiger partial charge < -0.3 is 9.80 Å². The maximum absolute atomic E-state index is 2.33. The Hall–Kier alpha value is -1.61. The molecule has 0 saturated heterocycles. The predicted molar refractivity (Wildman–Crippen MR) is 102 cm³/mol. The minimum atomic E-state index is 0.480. The van der Waals surface area contributed by atoms with Crippen LogP contribution >= 0.6 is 11.8 Å². The van der Waals surface area contributed by atoms with Crippen LogP contribution in [0.3, 0.4) is 0 Å². The lowest BCUT2D eigenvalue weighted by molar-refractivity contribution is 0.547. The van der Waals surface area contributed by atoms with Crippen molar-refractivity contribution in [2.24, 2.45) is 5.92 Å². The lowest BCUT2D eigenvalue weighted by Gasteiger charge is -2.32. The third-order valence-corrected chi connectivity index (χ3v) is 5.73. The van der Waals surface area contributed by atoms with Gasteiger partial charge in [0.05, 0.1) is 0 Å². The second-order valence-corrected chi connectivity index (χ2v) is 8.14. The van der Waals surface area contributed by atoms with Crippen molar-refractivity contribution < 1.29 is 0 Å². The Morgan fingerprint density at radius 2 is 1.22 bits per heavy atom. The Morgan fingerprint density at radius 3 is 1.57 bits per heavy atom. The van der Waals surface area contributed by atoms with Crippen molar-refractivity contribution in [1.82, 2.24) is 0 Å². The molecule has 0 aliphatic carbocycles. The van der Waals surface area contributed by atoms with Crippen molar-refractivity contribution in [3.63, 3.8) is 0 Å². The Kier molecular flexibility index (Phi) is 4.33. The van der Waals surface area contributed by atoms with E-state index in [0.717, 1.165) is 0 Å². The largest absolute Gasteiger partial charge is 0.378 e. The summed E-state index contributed by atoms with van der Waals surface area (Å²) in [6.07, 6.45) is 0. The smallest absolute Gasteiger partial charge is 0.0372 e. The molecule has 3 rings (SSSR count). The molecular formula is C20H26N2S. The number of benzene rings is 2. The van der Waals surface area contributed by atoms with Gasteiger partial charge in [0.15, 0.2) is 0 Å². The third-order valence-electron chi connectivity index (χ3n) is 4.58. The van der Waals surface area contributed by atoms with Gasteiger partial charge in [0, 0.05) is 55.3 Å². The molecule has 0 radical (unpaired) electrons. The molecule has 23 heavy (non-hydrogen) atoms. The van der Waals surface area contributed by atoms with E-state index < -0.39 is 0 Å². The average Bonchev–Trinajstić information content (AvgIpc) is 2.50. The highest BCUT2D eigenvalue weighted by molar-refractivity contribution is 7.99. The van der Waals surface area contributed by atoms with Crippen LogP contribution in [0.5, 0.6) is 0 Å². The predicted octanol–water partition coefficient (Wildman–Crippen LogP) is 5.07. The Balaban J connectivity index is 2.13. The highest BCUT2D eigenvalue weighted by Crippen LogP contribution is 2.50. The van der Waals surface area contributed by atoms with E-state index in [0.29, 0.717) is 11.8 Å². The number of anilines is 2. The Labute approximate surface area is 144 Å². The van der Waals surface area contributed by atoms with Crippen molar-refractivity contribution in [2.45, 2.75) is 29.6 Å². The fourth-order valence-electron chi connectivity index (χ4n) is 3.30. The summed E-state index contributed by atoms with van der Waals surface area (Å²) in [6, 6.07) is 13.8. The van der Waals surface area contributed by atoms with Crippen LogP contribution in [0.15, 0.2) is 46.2 Å². The van der Waals surface area contributed by atoms with Crippen LogP contribution in [0.2, 0.25) is 0 Å². The first-order valence-electron chi connectivity index (χ1n) is 8.19. The lowest BCUT2D eigenvalue weighted by Crippen LogP contribution is -2.16. The van der Waals surface area contributed by atoms with Crippen LogP contribution in [0, 0.1) is 5.92 Å². The monoisotopic (exact) mass is 326 g/mol. The molecule has 122 valence electrons. The van der Waals surface area contributed by atoms with E-state index in [2.05, 4.69) is 88.2 Å². The standard InChI is InChI=1S/C20H26N2S/c1-13(2)20-16-9-7-14(21(3)4)11-18(16)23-19-12-15(22(5)6)8-10-17(19)20/h7-13,20H,1-6H3. The molecule has 0 spiro atoms. The Bertz CT molecular complexity index is 662. The van der Waals surface area contributed by atoms with E-state index in [-0.39, 0.29) is 0 Å². The van der Waals surface area contributed by atoms with E-state index in [1.165, 1.54) is 32.3 Å². The third kappa shape index (κ3) is 2.94. The molecule has 3 heteroatoms. The zero-order chi connectivity index (χ0) is 16.7. The van der Waals surface area contributed by atoms with Gasteiger partial charge in [-0.25, -0.2) is 0 Å². The summed E-state index contributed by atoms with van der Waals surface area (Å²) in [5.74, 6) is 1.07. The van der Waals surface area contributed by atoms with E-state index in [1.54, 1.807) is 0 Å². The summed E-state index contributed by atoms with van der Waals surface area (Å²) >= 11 is 1.91. The number of hydrogen-bond acceptors (Lipinski definition) is 3. The molecule has 2 nitrogen and oxygen atoms in total. The molecule has 1 aliphatic heterocycles. The van der Waals surface area contributed by atoms with Crippen LogP contribution in [0.1, 0.15) is 30.9 Å². The molecule has 0 bridgehead atoms. The molecule has 1 heterocycles. The number of nitrogens with zero attached hydrogens (tertiary/aromatic N) is 2. The summed E-state index contributed by atoms with van der Waals surface area (Å²) in [7, 11) is 8.42. The van der Waals surface area contributed by atoms with Crippen molar-refractivity contribution in [2.75, 3.05) is 38.0 Å². The van der Waals surface area contributed by atoms with Gasteiger partial charge in [0.1, 0.15) is 0 Å². The molecule has 2 aromatic carbocycles. The summed E-state index contributed by atoms with van der Waals surface area (Å²) < 4.78 is 0. The molecule has 2 aromatic rings. The van der Waals surface area contributed by atoms with Crippen molar-refractivity contribution in [1.29, 1.82) is 0 Å². The van der Waals surface area contributed by atoms with E-state index >= 15 is 0 Å². The maximum Gasteiger partial charge on any atom is 0.0372 e. The Morgan fingerprint density at radius 1 is 0.783 bits per heavy atom. The van der Waals surface area contributed by atoms with Gasteiger partial charge in [-0.3, -0.25) is 0 Å². The number of fused-ring (bicyclic) bond motifs is 2. The molecule has 0 amide bonds. The molecular weight excluding hydrogens is 300 g/mol. The van der Waals surface area contributed by atoms with Gasteiger partial charge in [-0.1, -0.05) is 37.7 Å². The summed E-state index contributed by atoms with van der Waals surface area (Å²) in [6.45, 7) is 4.65. The molecule has 0 aromatic heterocycles. The van der Waals surface area contributed by atoms with E-state index in [1.807, 2.05) is 11.8 Å². The topological polar surface area (TPSA) is 6.48 Å². The quantitative estimate of drug-likeness (QED) is 0.777. The van der Waals surface area contributed by atoms with Gasteiger partial charge in [0.2, 0.25) is 0 Å². The molecule has 1 aliphatic rings. The first-order chi connectivity index (χ1) is 10.9. The zero-order valence-corrected chi connectivity index (χ0v) is 15.7. The van der Waals surface area contributed by atoms with Crippen LogP contribution < -0.4 is 9.80 Å². The van der Waals surface area contributed by atoms with Crippen LogP contribution in [-0.2, 0) is 0 Å². The van der Waals surface area contributed by atoms with Gasteiger partial charge in [0.25, 0.3) is 0 Å². The average molecular weight is 327 g/mol. The van der Waals surface area contributed by atoms with Gasteiger partial charge in [-0.2, -0.15) is 0 Å². The molecule has 0 unspecified atom stereocenters. The van der Waals surface area contributed by atoms with Crippen LogP contribution in [0.25, 0.3) is 0 Å². The molecule has 0 saturated carbocycles. The fourth-order valence-corrected chi connectivity index (χ4v) is 4.52. The minimum Gasteiger partial charge on any atom is -0.378 e. The molecule has 0 N–H and O–H groups in total. The maximum atomic E-state index is 2.33. The second-order valence-electron chi connectivity index (χ2n) is 7.06. The van der Waals surface area contributed by atoms with E-state index in [4.69, 9.17) is 0 Å². The van der Waals surface area contributed by atoms with Gasteiger partial charge in [-0.15, -0.1) is 0 Å². The van der Waals surface area contributed by atoms with E-state index in [9.17, 15) is 0 Å². The number of hydrogen-bond donors (Lipinski definition) is 0. The summed E-state index contributed by atoms with van der Waals surface area (Å²) in [5, 5.41) is 0. The van der Waals surface area contributed by atoms with Crippen molar-refractivity contribution >= 4 is 23.1 Å². The number of rotatable bonds is 3. The fraction of sp³-hybridized carbons (Fsp3) is 0.400. The second kappa shape index (κ2) is 6.12. The van der Waals surface area contributed by atoms with Crippen molar-refractivity contribution in [3.05, 3.63) is 47.5 Å². The lowest BCUT2D eigenvalue weighted by atomic mass is 9.82. The zero-order valence-electron chi connectivity index (χ0n) is 14.9. The van der Waals surface area contributed by atoms with Crippen LogP contribution in [-0.4, -0.2) is 28.2 Å². The molecule has 0 fully saturated rings. The van der Waals surface area contributed by atoms with Gasteiger partial charge >= 0.3 is 0 Å². The SMILES string of the molecule is CC(C)C1c2ccc(N(C)C)cc2Sc2cc(N(C)C)ccc21. The minimum absolute atomic E-state index is 0.480. The highest BCUT2D eigenvalue weighted by atomic mass is 32.2. The van der Waals surface area contributed by atoms with Crippen molar-refractivity contribution in [3.8, 4) is 0 Å². The molecule has 0 atom stereocenters. The van der Waals surface area contributed by atoms with Gasteiger partial charge in [-0.05, 0) is 41.3 Å². The first-order valence-corrected chi connectivity index (χ1v) is 9.00. The van der Waals surface area contributed by atoms with Crippen LogP contribution in [0.4, 0.5) is 11.4 Å². The highest BCUT2D eigenvalue weighted by Gasteiger charge is 2.29. The first kappa shape index (κ1) is 16.3. The normalized spacial score (nSPS) is 13.7.